The second kappa shape index (κ2) is 6.91. The van der Waals surface area contributed by atoms with E-state index in [-0.39, 0.29) is 11.7 Å². The van der Waals surface area contributed by atoms with Gasteiger partial charge >= 0.3 is 5.97 Å². The molecule has 23 heavy (non-hydrogen) atoms. The zero-order valence-electron chi connectivity index (χ0n) is 13.6. The molecular weight excluding hydrogens is 296 g/mol. The number of ether oxygens (including phenoxy) is 1. The van der Waals surface area contributed by atoms with E-state index in [9.17, 15) is 4.79 Å². The maximum absolute atomic E-state index is 11.4. The Kier molecular flexibility index (Phi) is 4.71. The molecule has 0 bridgehead atoms. The summed E-state index contributed by atoms with van der Waals surface area (Å²) in [5, 5.41) is 12.3. The van der Waals surface area contributed by atoms with Gasteiger partial charge in [0.1, 0.15) is 0 Å². The van der Waals surface area contributed by atoms with Crippen LogP contribution in [0.2, 0.25) is 0 Å². The van der Waals surface area contributed by atoms with Crippen LogP contribution in [0.15, 0.2) is 18.5 Å². The molecule has 0 N–H and O–H groups in total. The molecular formula is C15H22N6O2. The van der Waals surface area contributed by atoms with Crippen LogP contribution in [0.4, 0.5) is 0 Å². The van der Waals surface area contributed by atoms with Gasteiger partial charge in [-0.25, -0.2) is 9.48 Å². The first kappa shape index (κ1) is 15.7. The van der Waals surface area contributed by atoms with Crippen molar-refractivity contribution >= 4 is 5.97 Å². The first-order valence-corrected chi connectivity index (χ1v) is 7.94. The number of nitrogens with zero attached hydrogens (tertiary/aromatic N) is 6. The monoisotopic (exact) mass is 318 g/mol. The fourth-order valence-corrected chi connectivity index (χ4v) is 3.00. The normalized spacial score (nSPS) is 16.6. The van der Waals surface area contributed by atoms with Gasteiger partial charge in [0.2, 0.25) is 0 Å². The standard InChI is InChI=1S/C15H22N6O2/c1-3-20-13(4-7-16-20)10-19-8-5-12(6-9-19)21-11-14(17-18-21)15(22)23-2/h4,7,11-12H,3,5-6,8-10H2,1-2H3. The number of esters is 1. The van der Waals surface area contributed by atoms with E-state index in [0.29, 0.717) is 0 Å². The third-order valence-electron chi connectivity index (χ3n) is 4.33. The van der Waals surface area contributed by atoms with Crippen LogP contribution in [0.5, 0.6) is 0 Å². The van der Waals surface area contributed by atoms with Crippen molar-refractivity contribution < 1.29 is 9.53 Å². The molecule has 1 saturated heterocycles. The summed E-state index contributed by atoms with van der Waals surface area (Å²) in [6, 6.07) is 2.36. The van der Waals surface area contributed by atoms with Gasteiger partial charge in [-0.3, -0.25) is 9.58 Å². The summed E-state index contributed by atoms with van der Waals surface area (Å²) in [6.07, 6.45) is 5.52. The number of carbonyl (C=O) groups excluding carboxylic acids is 1. The highest BCUT2D eigenvalue weighted by molar-refractivity contribution is 5.86. The topological polar surface area (TPSA) is 78.1 Å². The summed E-state index contributed by atoms with van der Waals surface area (Å²) in [6.45, 7) is 5.91. The molecule has 3 rings (SSSR count). The zero-order chi connectivity index (χ0) is 16.2. The van der Waals surface area contributed by atoms with Crippen molar-refractivity contribution in [3.05, 3.63) is 29.8 Å². The van der Waals surface area contributed by atoms with E-state index >= 15 is 0 Å². The van der Waals surface area contributed by atoms with Crippen LogP contribution in [-0.4, -0.2) is 55.8 Å². The second-order valence-electron chi connectivity index (χ2n) is 5.72. The zero-order valence-corrected chi connectivity index (χ0v) is 13.6. The quantitative estimate of drug-likeness (QED) is 0.769. The fourth-order valence-electron chi connectivity index (χ4n) is 3.00. The Labute approximate surface area is 135 Å². The van der Waals surface area contributed by atoms with Crippen LogP contribution in [-0.2, 0) is 17.8 Å². The lowest BCUT2D eigenvalue weighted by Crippen LogP contribution is -2.35. The SMILES string of the molecule is CCn1nccc1CN1CCC(n2cc(C(=O)OC)nn2)CC1. The van der Waals surface area contributed by atoms with Crippen molar-refractivity contribution in [2.24, 2.45) is 0 Å². The molecule has 2 aromatic heterocycles. The van der Waals surface area contributed by atoms with E-state index < -0.39 is 5.97 Å². The van der Waals surface area contributed by atoms with Gasteiger partial charge in [-0.1, -0.05) is 5.21 Å². The van der Waals surface area contributed by atoms with E-state index in [1.165, 1.54) is 12.8 Å². The average Bonchev–Trinajstić information content (AvgIpc) is 3.24. The van der Waals surface area contributed by atoms with Crippen molar-refractivity contribution in [1.82, 2.24) is 29.7 Å². The third-order valence-corrected chi connectivity index (χ3v) is 4.33. The maximum atomic E-state index is 11.4. The summed E-state index contributed by atoms with van der Waals surface area (Å²) in [5.41, 5.74) is 1.52. The first-order chi connectivity index (χ1) is 11.2. The lowest BCUT2D eigenvalue weighted by atomic mass is 10.1. The highest BCUT2D eigenvalue weighted by Crippen LogP contribution is 2.23. The number of carbonyl (C=O) groups is 1. The molecule has 0 aromatic carbocycles. The lowest BCUT2D eigenvalue weighted by Gasteiger charge is -2.31. The number of hydrogen-bond acceptors (Lipinski definition) is 6. The number of hydrogen-bond donors (Lipinski definition) is 0. The molecule has 0 unspecified atom stereocenters. The van der Waals surface area contributed by atoms with Crippen molar-refractivity contribution in [1.29, 1.82) is 0 Å². The Bertz CT molecular complexity index is 656. The van der Waals surface area contributed by atoms with Crippen molar-refractivity contribution in [2.45, 2.75) is 38.9 Å². The molecule has 1 aliphatic heterocycles. The molecule has 8 nitrogen and oxygen atoms in total. The molecule has 1 aliphatic rings. The predicted octanol–water partition coefficient (Wildman–Crippen LogP) is 1.12. The number of aromatic nitrogens is 5. The summed E-state index contributed by atoms with van der Waals surface area (Å²) < 4.78 is 8.49. The van der Waals surface area contributed by atoms with E-state index in [0.717, 1.165) is 39.0 Å². The highest BCUT2D eigenvalue weighted by atomic mass is 16.5. The summed E-state index contributed by atoms with van der Waals surface area (Å²) >= 11 is 0. The smallest absolute Gasteiger partial charge is 0.360 e. The second-order valence-corrected chi connectivity index (χ2v) is 5.72. The minimum atomic E-state index is -0.443. The van der Waals surface area contributed by atoms with E-state index in [2.05, 4.69) is 38.0 Å². The Morgan fingerprint density at radius 1 is 1.39 bits per heavy atom. The van der Waals surface area contributed by atoms with Gasteiger partial charge in [-0.2, -0.15) is 5.10 Å². The Morgan fingerprint density at radius 3 is 2.87 bits per heavy atom. The van der Waals surface area contributed by atoms with Crippen LogP contribution in [0.1, 0.15) is 42.0 Å². The van der Waals surface area contributed by atoms with Crippen LogP contribution in [0, 0.1) is 0 Å². The molecule has 124 valence electrons. The molecule has 0 amide bonds. The Balaban J connectivity index is 1.56. The fraction of sp³-hybridized carbons (Fsp3) is 0.600. The van der Waals surface area contributed by atoms with Crippen LogP contribution in [0.25, 0.3) is 0 Å². The molecule has 0 spiro atoms. The molecule has 2 aromatic rings. The molecule has 0 saturated carbocycles. The number of piperidine rings is 1. The van der Waals surface area contributed by atoms with Gasteiger partial charge in [0.25, 0.3) is 0 Å². The highest BCUT2D eigenvalue weighted by Gasteiger charge is 2.23. The lowest BCUT2D eigenvalue weighted by molar-refractivity contribution is 0.0594. The summed E-state index contributed by atoms with van der Waals surface area (Å²) in [7, 11) is 1.35. The maximum Gasteiger partial charge on any atom is 0.360 e. The molecule has 0 radical (unpaired) electrons. The third kappa shape index (κ3) is 3.42. The van der Waals surface area contributed by atoms with E-state index in [1.807, 2.05) is 10.9 Å². The number of rotatable bonds is 5. The van der Waals surface area contributed by atoms with Crippen molar-refractivity contribution in [3.8, 4) is 0 Å². The Hall–Kier alpha value is -2.22. The molecule has 3 heterocycles. The minimum Gasteiger partial charge on any atom is -0.464 e. The number of likely N-dealkylation sites (tertiary alicyclic amines) is 1. The van der Waals surface area contributed by atoms with Crippen LogP contribution < -0.4 is 0 Å². The molecule has 1 fully saturated rings. The van der Waals surface area contributed by atoms with Gasteiger partial charge in [0, 0.05) is 32.4 Å². The molecule has 8 heteroatoms. The van der Waals surface area contributed by atoms with Crippen LogP contribution >= 0.6 is 0 Å². The summed E-state index contributed by atoms with van der Waals surface area (Å²) in [5.74, 6) is -0.443. The first-order valence-electron chi connectivity index (χ1n) is 7.94. The van der Waals surface area contributed by atoms with Gasteiger partial charge in [-0.05, 0) is 25.8 Å². The van der Waals surface area contributed by atoms with Crippen molar-refractivity contribution in [2.75, 3.05) is 20.2 Å². The largest absolute Gasteiger partial charge is 0.464 e. The van der Waals surface area contributed by atoms with E-state index in [1.54, 1.807) is 10.9 Å². The molecule has 0 atom stereocenters. The molecule has 0 aliphatic carbocycles. The van der Waals surface area contributed by atoms with Gasteiger partial charge < -0.3 is 4.74 Å². The number of methoxy groups -OCH3 is 1. The average molecular weight is 318 g/mol. The van der Waals surface area contributed by atoms with Crippen molar-refractivity contribution in [3.63, 3.8) is 0 Å². The van der Waals surface area contributed by atoms with Gasteiger partial charge in [-0.15, -0.1) is 5.10 Å². The van der Waals surface area contributed by atoms with Gasteiger partial charge in [0.15, 0.2) is 5.69 Å². The number of aryl methyl sites for hydroxylation is 1. The predicted molar refractivity (Wildman–Crippen MR) is 82.8 cm³/mol. The summed E-state index contributed by atoms with van der Waals surface area (Å²) in [4.78, 5) is 13.9. The van der Waals surface area contributed by atoms with E-state index in [4.69, 9.17) is 0 Å². The van der Waals surface area contributed by atoms with Gasteiger partial charge in [0.05, 0.1) is 25.0 Å². The minimum absolute atomic E-state index is 0.266. The Morgan fingerprint density at radius 2 is 2.17 bits per heavy atom. The van der Waals surface area contributed by atoms with Crippen LogP contribution in [0.3, 0.4) is 0 Å².